The van der Waals surface area contributed by atoms with Crippen LogP contribution in [-0.2, 0) is 16.6 Å². The molecule has 0 aliphatic carbocycles. The van der Waals surface area contributed by atoms with E-state index in [4.69, 9.17) is 0 Å². The first kappa shape index (κ1) is 20.9. The van der Waals surface area contributed by atoms with Gasteiger partial charge >= 0.3 is 5.97 Å². The minimum atomic E-state index is -3.48. The van der Waals surface area contributed by atoms with Crippen molar-refractivity contribution in [3.63, 3.8) is 0 Å². The normalized spacial score (nSPS) is 14.6. The summed E-state index contributed by atoms with van der Waals surface area (Å²) < 4.78 is 26.7. The molecule has 1 fully saturated rings. The molecule has 1 saturated heterocycles. The number of amides is 1. The molecule has 1 aromatic heterocycles. The molecule has 1 amide bonds. The number of hydrogen-bond acceptors (Lipinski definition) is 5. The Morgan fingerprint density at radius 2 is 1.66 bits per heavy atom. The molecule has 154 valence electrons. The lowest BCUT2D eigenvalue weighted by Gasteiger charge is -2.25. The third-order valence-corrected chi connectivity index (χ3v) is 6.73. The molecule has 0 saturated carbocycles. The van der Waals surface area contributed by atoms with E-state index in [1.807, 2.05) is 0 Å². The zero-order valence-electron chi connectivity index (χ0n) is 15.9. The van der Waals surface area contributed by atoms with Crippen LogP contribution in [0.15, 0.2) is 48.8 Å². The van der Waals surface area contributed by atoms with E-state index in [0.717, 1.165) is 18.4 Å². The van der Waals surface area contributed by atoms with Gasteiger partial charge in [0.1, 0.15) is 0 Å². The number of benzene rings is 1. The highest BCUT2D eigenvalue weighted by Crippen LogP contribution is 2.17. The van der Waals surface area contributed by atoms with Gasteiger partial charge in [-0.25, -0.2) is 17.5 Å². The van der Waals surface area contributed by atoms with Crippen molar-refractivity contribution in [1.82, 2.24) is 14.2 Å². The van der Waals surface area contributed by atoms with Gasteiger partial charge in [-0.05, 0) is 42.7 Å². The van der Waals surface area contributed by atoms with Gasteiger partial charge in [-0.3, -0.25) is 9.78 Å². The van der Waals surface area contributed by atoms with Crippen LogP contribution in [-0.4, -0.2) is 65.0 Å². The van der Waals surface area contributed by atoms with Gasteiger partial charge in [0.25, 0.3) is 5.91 Å². The number of nitrogens with zero attached hydrogens (tertiary/aromatic N) is 3. The number of sulfonamides is 1. The van der Waals surface area contributed by atoms with Crippen LogP contribution in [0, 0.1) is 0 Å². The van der Waals surface area contributed by atoms with E-state index in [-0.39, 0.29) is 30.0 Å². The molecule has 0 spiro atoms. The van der Waals surface area contributed by atoms with Gasteiger partial charge in [-0.1, -0.05) is 12.1 Å². The Morgan fingerprint density at radius 1 is 1.03 bits per heavy atom. The van der Waals surface area contributed by atoms with Crippen LogP contribution in [0.5, 0.6) is 0 Å². The maximum Gasteiger partial charge on any atom is 0.336 e. The van der Waals surface area contributed by atoms with Crippen LogP contribution in [0.4, 0.5) is 0 Å². The second-order valence-electron chi connectivity index (χ2n) is 6.86. The van der Waals surface area contributed by atoms with Gasteiger partial charge in [-0.2, -0.15) is 0 Å². The number of carboxylic acids is 1. The van der Waals surface area contributed by atoms with Crippen molar-refractivity contribution in [3.8, 4) is 0 Å². The molecule has 0 radical (unpaired) electrons. The van der Waals surface area contributed by atoms with E-state index >= 15 is 0 Å². The summed E-state index contributed by atoms with van der Waals surface area (Å²) in [6, 6.07) is 9.41. The SMILES string of the molecule is O=C(O)c1ccccc1C(=O)N(CCS(=O)(=O)N1CCCC1)Cc1ccncc1. The van der Waals surface area contributed by atoms with Crippen LogP contribution in [0.2, 0.25) is 0 Å². The Morgan fingerprint density at radius 3 is 2.28 bits per heavy atom. The van der Waals surface area contributed by atoms with E-state index in [9.17, 15) is 23.1 Å². The number of carboxylic acid groups (broad SMARTS) is 1. The van der Waals surface area contributed by atoms with Crippen LogP contribution < -0.4 is 0 Å². The lowest BCUT2D eigenvalue weighted by atomic mass is 10.1. The summed E-state index contributed by atoms with van der Waals surface area (Å²) in [5.41, 5.74) is 0.701. The van der Waals surface area contributed by atoms with Gasteiger partial charge in [-0.15, -0.1) is 0 Å². The molecule has 2 heterocycles. The average Bonchev–Trinajstić information content (AvgIpc) is 3.27. The first-order valence-corrected chi connectivity index (χ1v) is 11.0. The van der Waals surface area contributed by atoms with Gasteiger partial charge in [0.05, 0.1) is 16.9 Å². The molecule has 2 aromatic rings. The lowest BCUT2D eigenvalue weighted by molar-refractivity contribution is 0.0674. The Labute approximate surface area is 169 Å². The van der Waals surface area contributed by atoms with E-state index in [1.165, 1.54) is 21.3 Å². The quantitative estimate of drug-likeness (QED) is 0.702. The molecule has 3 rings (SSSR count). The molecule has 0 unspecified atom stereocenters. The molecule has 0 bridgehead atoms. The molecule has 0 atom stereocenters. The van der Waals surface area contributed by atoms with Gasteiger partial charge in [0.15, 0.2) is 0 Å². The molecule has 9 heteroatoms. The smallest absolute Gasteiger partial charge is 0.336 e. The fourth-order valence-electron chi connectivity index (χ4n) is 3.31. The van der Waals surface area contributed by atoms with Crippen LogP contribution in [0.1, 0.15) is 39.1 Å². The Bertz CT molecular complexity index is 973. The third kappa shape index (κ3) is 5.18. The maximum absolute atomic E-state index is 13.2. The molecular formula is C20H23N3O5S. The standard InChI is InChI=1S/C20H23N3O5S/c24-19(17-5-1-2-6-18(17)20(25)26)22(15-16-7-9-21-10-8-16)13-14-29(27,28)23-11-3-4-12-23/h1-2,5-10H,3-4,11-15H2,(H,25,26). The second kappa shape index (κ2) is 9.15. The third-order valence-electron chi connectivity index (χ3n) is 4.88. The number of aromatic nitrogens is 1. The average molecular weight is 417 g/mol. The number of hydrogen-bond donors (Lipinski definition) is 1. The summed E-state index contributed by atoms with van der Waals surface area (Å²) in [7, 11) is -3.48. The van der Waals surface area contributed by atoms with Crippen molar-refractivity contribution in [2.24, 2.45) is 0 Å². The number of carbonyl (C=O) groups is 2. The first-order chi connectivity index (χ1) is 13.9. The molecule has 1 aromatic carbocycles. The minimum absolute atomic E-state index is 0.0338. The summed E-state index contributed by atoms with van der Waals surface area (Å²) >= 11 is 0. The second-order valence-corrected chi connectivity index (χ2v) is 8.94. The van der Waals surface area contributed by atoms with E-state index < -0.39 is 21.9 Å². The highest BCUT2D eigenvalue weighted by atomic mass is 32.2. The van der Waals surface area contributed by atoms with Crippen molar-refractivity contribution in [1.29, 1.82) is 0 Å². The van der Waals surface area contributed by atoms with Crippen LogP contribution in [0.25, 0.3) is 0 Å². The Kier molecular flexibility index (Phi) is 6.60. The highest BCUT2D eigenvalue weighted by molar-refractivity contribution is 7.89. The predicted molar refractivity (Wildman–Crippen MR) is 107 cm³/mol. The number of pyridine rings is 1. The number of rotatable bonds is 8. The summed E-state index contributed by atoms with van der Waals surface area (Å²) in [6.45, 7) is 1.13. The fraction of sp³-hybridized carbons (Fsp3) is 0.350. The lowest BCUT2D eigenvalue weighted by Crippen LogP contribution is -2.39. The topological polar surface area (TPSA) is 108 Å². The number of aromatic carboxylic acids is 1. The zero-order chi connectivity index (χ0) is 20.9. The van der Waals surface area contributed by atoms with E-state index in [2.05, 4.69) is 4.98 Å². The van der Waals surface area contributed by atoms with Gasteiger partial charge in [0.2, 0.25) is 10.0 Å². The van der Waals surface area contributed by atoms with Crippen molar-refractivity contribution in [2.75, 3.05) is 25.4 Å². The van der Waals surface area contributed by atoms with Crippen molar-refractivity contribution < 1.29 is 23.1 Å². The molecular weight excluding hydrogens is 394 g/mol. The summed E-state index contributed by atoms with van der Waals surface area (Å²) in [6.07, 6.45) is 4.85. The summed E-state index contributed by atoms with van der Waals surface area (Å²) in [4.78, 5) is 30.0. The van der Waals surface area contributed by atoms with Crippen molar-refractivity contribution in [2.45, 2.75) is 19.4 Å². The Balaban J connectivity index is 1.85. The number of carbonyl (C=O) groups excluding carboxylic acids is 1. The maximum atomic E-state index is 13.2. The Hall–Kier alpha value is -2.78. The van der Waals surface area contributed by atoms with E-state index in [1.54, 1.807) is 36.7 Å². The zero-order valence-corrected chi connectivity index (χ0v) is 16.7. The van der Waals surface area contributed by atoms with E-state index in [0.29, 0.717) is 13.1 Å². The van der Waals surface area contributed by atoms with Crippen molar-refractivity contribution in [3.05, 3.63) is 65.5 Å². The monoisotopic (exact) mass is 417 g/mol. The van der Waals surface area contributed by atoms with Gasteiger partial charge < -0.3 is 10.0 Å². The van der Waals surface area contributed by atoms with Gasteiger partial charge in [0, 0.05) is 38.6 Å². The summed E-state index contributed by atoms with van der Waals surface area (Å²) in [5, 5.41) is 9.41. The molecule has 1 N–H and O–H groups in total. The molecule has 8 nitrogen and oxygen atoms in total. The van der Waals surface area contributed by atoms with Crippen LogP contribution in [0.3, 0.4) is 0 Å². The summed E-state index contributed by atoms with van der Waals surface area (Å²) in [5.74, 6) is -1.93. The van der Waals surface area contributed by atoms with Crippen molar-refractivity contribution >= 4 is 21.9 Å². The largest absolute Gasteiger partial charge is 0.478 e. The molecule has 1 aliphatic heterocycles. The minimum Gasteiger partial charge on any atom is -0.478 e. The first-order valence-electron chi connectivity index (χ1n) is 9.37. The predicted octanol–water partition coefficient (Wildman–Crippen LogP) is 1.85. The van der Waals surface area contributed by atoms with Crippen LogP contribution >= 0.6 is 0 Å². The molecule has 29 heavy (non-hydrogen) atoms. The highest BCUT2D eigenvalue weighted by Gasteiger charge is 2.28. The fourth-order valence-corrected chi connectivity index (χ4v) is 4.83. The molecule has 1 aliphatic rings.